The van der Waals surface area contributed by atoms with Gasteiger partial charge < -0.3 is 20.5 Å². The fraction of sp³-hybridized carbons (Fsp3) is 0.464. The van der Waals surface area contributed by atoms with E-state index in [1.165, 1.54) is 22.3 Å². The average molecular weight is 475 g/mol. The predicted molar refractivity (Wildman–Crippen MR) is 129 cm³/mol. The van der Waals surface area contributed by atoms with Crippen LogP contribution in [0.5, 0.6) is 0 Å². The Balaban J connectivity index is 0.934. The van der Waals surface area contributed by atoms with Crippen LogP contribution in [0.25, 0.3) is 11.1 Å². The Bertz CT molecular complexity index is 1140. The lowest BCUT2D eigenvalue weighted by Gasteiger charge is -2.35. The number of hydrogen-bond donors (Lipinski definition) is 3. The first-order valence-corrected chi connectivity index (χ1v) is 12.6. The fourth-order valence-corrected chi connectivity index (χ4v) is 6.64. The Labute approximate surface area is 204 Å². The summed E-state index contributed by atoms with van der Waals surface area (Å²) in [6, 6.07) is 16.5. The van der Waals surface area contributed by atoms with E-state index in [-0.39, 0.29) is 35.7 Å². The van der Waals surface area contributed by atoms with Crippen molar-refractivity contribution in [3.05, 3.63) is 59.7 Å². The molecule has 0 aliphatic heterocycles. The van der Waals surface area contributed by atoms with Crippen LogP contribution in [0.4, 0.5) is 4.79 Å². The van der Waals surface area contributed by atoms with E-state index in [1.54, 1.807) is 0 Å². The molecule has 0 bridgehead atoms. The van der Waals surface area contributed by atoms with Crippen molar-refractivity contribution in [3.8, 4) is 11.1 Å². The molecular formula is C28H30N2O5. The number of alkyl carbamates (subject to hydrolysis) is 1. The Morgan fingerprint density at radius 3 is 2.17 bits per heavy atom. The first-order chi connectivity index (χ1) is 16.9. The number of rotatable bonds is 7. The third kappa shape index (κ3) is 3.97. The number of benzene rings is 2. The molecule has 4 aliphatic rings. The molecule has 7 heteroatoms. The molecule has 7 nitrogen and oxygen atoms in total. The lowest BCUT2D eigenvalue weighted by molar-refractivity contribution is -0.143. The van der Waals surface area contributed by atoms with E-state index in [0.29, 0.717) is 19.4 Å². The summed E-state index contributed by atoms with van der Waals surface area (Å²) in [4.78, 5) is 36.3. The van der Waals surface area contributed by atoms with E-state index in [0.717, 1.165) is 25.7 Å². The van der Waals surface area contributed by atoms with Crippen molar-refractivity contribution in [3.63, 3.8) is 0 Å². The second kappa shape index (κ2) is 8.40. The van der Waals surface area contributed by atoms with Crippen molar-refractivity contribution < 1.29 is 24.2 Å². The summed E-state index contributed by atoms with van der Waals surface area (Å²) in [5.74, 6) is -0.243. The number of nitrogens with one attached hydrogen (secondary N) is 2. The van der Waals surface area contributed by atoms with Gasteiger partial charge in [0.05, 0.1) is 5.41 Å². The van der Waals surface area contributed by atoms with Crippen molar-refractivity contribution in [2.75, 3.05) is 6.61 Å². The van der Waals surface area contributed by atoms with E-state index in [1.807, 2.05) is 24.3 Å². The van der Waals surface area contributed by atoms with Crippen LogP contribution in [0.15, 0.2) is 48.5 Å². The highest BCUT2D eigenvalue weighted by Crippen LogP contribution is 2.63. The summed E-state index contributed by atoms with van der Waals surface area (Å²) in [6.07, 6.45) is 3.59. The summed E-state index contributed by atoms with van der Waals surface area (Å²) < 4.78 is 5.62. The van der Waals surface area contributed by atoms with Crippen molar-refractivity contribution in [1.82, 2.24) is 10.6 Å². The van der Waals surface area contributed by atoms with Crippen LogP contribution < -0.4 is 10.6 Å². The van der Waals surface area contributed by atoms with Crippen LogP contribution in [0.3, 0.4) is 0 Å². The molecule has 6 rings (SSSR count). The number of amides is 2. The molecule has 0 aromatic heterocycles. The highest BCUT2D eigenvalue weighted by molar-refractivity contribution is 5.81. The molecule has 182 valence electrons. The zero-order valence-corrected chi connectivity index (χ0v) is 19.5. The molecule has 3 fully saturated rings. The Morgan fingerprint density at radius 1 is 0.886 bits per heavy atom. The zero-order chi connectivity index (χ0) is 24.2. The number of fused-ring (bicyclic) bond motifs is 4. The van der Waals surface area contributed by atoms with Gasteiger partial charge in [-0.2, -0.15) is 0 Å². The number of carboxylic acids is 1. The molecule has 2 aromatic rings. The molecule has 2 aromatic carbocycles. The van der Waals surface area contributed by atoms with Crippen molar-refractivity contribution in [2.45, 2.75) is 56.5 Å². The monoisotopic (exact) mass is 474 g/mol. The van der Waals surface area contributed by atoms with Gasteiger partial charge >= 0.3 is 12.1 Å². The Hall–Kier alpha value is -3.35. The predicted octanol–water partition coefficient (Wildman–Crippen LogP) is 4.06. The second-order valence-electron chi connectivity index (χ2n) is 10.8. The SMILES string of the molecule is O=C(CC1CC(NC(=O)OCC2c3ccccc3-c3ccccc32)C1)N[C@H]1C[C@@H]2C[C@]2(C(=O)O)C1. The van der Waals surface area contributed by atoms with Crippen LogP contribution in [0, 0.1) is 17.3 Å². The van der Waals surface area contributed by atoms with Gasteiger partial charge in [0.15, 0.2) is 0 Å². The second-order valence-corrected chi connectivity index (χ2v) is 10.8. The van der Waals surface area contributed by atoms with E-state index in [4.69, 9.17) is 4.74 Å². The number of aliphatic carboxylic acids is 1. The summed E-state index contributed by atoms with van der Waals surface area (Å²) in [7, 11) is 0. The zero-order valence-electron chi connectivity index (χ0n) is 19.5. The molecule has 2 amide bonds. The number of carbonyl (C=O) groups is 3. The molecule has 0 radical (unpaired) electrons. The van der Waals surface area contributed by atoms with Crippen molar-refractivity contribution >= 4 is 18.0 Å². The van der Waals surface area contributed by atoms with E-state index in [2.05, 4.69) is 34.9 Å². The van der Waals surface area contributed by atoms with Gasteiger partial charge in [-0.05, 0) is 66.2 Å². The van der Waals surface area contributed by atoms with Gasteiger partial charge in [0.1, 0.15) is 6.61 Å². The summed E-state index contributed by atoms with van der Waals surface area (Å²) in [6.45, 7) is 0.290. The Morgan fingerprint density at radius 2 is 1.54 bits per heavy atom. The van der Waals surface area contributed by atoms with Gasteiger partial charge in [-0.25, -0.2) is 4.79 Å². The van der Waals surface area contributed by atoms with E-state index < -0.39 is 17.5 Å². The number of ether oxygens (including phenoxy) is 1. The minimum absolute atomic E-state index is 0.0126. The first-order valence-electron chi connectivity index (χ1n) is 12.6. The molecule has 35 heavy (non-hydrogen) atoms. The highest BCUT2D eigenvalue weighted by atomic mass is 16.5. The van der Waals surface area contributed by atoms with Crippen LogP contribution in [-0.4, -0.2) is 41.8 Å². The molecule has 0 unspecified atom stereocenters. The minimum atomic E-state index is -0.722. The maximum Gasteiger partial charge on any atom is 0.407 e. The molecule has 0 heterocycles. The molecule has 4 aliphatic carbocycles. The van der Waals surface area contributed by atoms with Gasteiger partial charge in [-0.1, -0.05) is 48.5 Å². The molecule has 0 spiro atoms. The normalized spacial score (nSPS) is 29.8. The van der Waals surface area contributed by atoms with Crippen LogP contribution in [-0.2, 0) is 14.3 Å². The van der Waals surface area contributed by atoms with Gasteiger partial charge in [-0.3, -0.25) is 9.59 Å². The molecule has 0 saturated heterocycles. The standard InChI is InChI=1S/C28H30N2O5/c31-25(29-19-12-17-13-28(17,14-19)26(32)33)11-16-9-18(10-16)30-27(34)35-15-24-22-7-3-1-5-20(22)21-6-2-4-8-23(21)24/h1-8,16-19,24H,9-15H2,(H,29,31)(H,30,34)(H,32,33)/t16?,17-,18?,19+,28+/m1/s1. The lowest BCUT2D eigenvalue weighted by atomic mass is 9.78. The summed E-state index contributed by atoms with van der Waals surface area (Å²) >= 11 is 0. The maximum atomic E-state index is 12.4. The van der Waals surface area contributed by atoms with Crippen LogP contribution >= 0.6 is 0 Å². The van der Waals surface area contributed by atoms with Gasteiger partial charge in [0.2, 0.25) is 5.91 Å². The summed E-state index contributed by atoms with van der Waals surface area (Å²) in [5.41, 5.74) is 4.19. The lowest BCUT2D eigenvalue weighted by Crippen LogP contribution is -2.46. The number of hydrogen-bond acceptors (Lipinski definition) is 4. The topological polar surface area (TPSA) is 105 Å². The maximum absolute atomic E-state index is 12.4. The van der Waals surface area contributed by atoms with Crippen molar-refractivity contribution in [1.29, 1.82) is 0 Å². The number of carboxylic acid groups (broad SMARTS) is 1. The van der Waals surface area contributed by atoms with Gasteiger partial charge in [-0.15, -0.1) is 0 Å². The third-order valence-corrected chi connectivity index (χ3v) is 8.58. The van der Waals surface area contributed by atoms with E-state index >= 15 is 0 Å². The van der Waals surface area contributed by atoms with Crippen molar-refractivity contribution in [2.24, 2.45) is 17.3 Å². The largest absolute Gasteiger partial charge is 0.481 e. The molecule has 3 atom stereocenters. The Kier molecular flexibility index (Phi) is 5.31. The van der Waals surface area contributed by atoms with Gasteiger partial charge in [0, 0.05) is 24.4 Å². The molecule has 3 N–H and O–H groups in total. The average Bonchev–Trinajstić information content (AvgIpc) is 3.25. The fourth-order valence-electron chi connectivity index (χ4n) is 6.64. The van der Waals surface area contributed by atoms with E-state index in [9.17, 15) is 19.5 Å². The molecule has 3 saturated carbocycles. The quantitative estimate of drug-likeness (QED) is 0.561. The van der Waals surface area contributed by atoms with Crippen LogP contribution in [0.1, 0.15) is 55.6 Å². The minimum Gasteiger partial charge on any atom is -0.481 e. The number of carbonyl (C=O) groups excluding carboxylic acids is 2. The molecular weight excluding hydrogens is 444 g/mol. The first kappa shape index (κ1) is 22.1. The third-order valence-electron chi connectivity index (χ3n) is 8.58. The smallest absolute Gasteiger partial charge is 0.407 e. The van der Waals surface area contributed by atoms with Crippen LogP contribution in [0.2, 0.25) is 0 Å². The van der Waals surface area contributed by atoms with Gasteiger partial charge in [0.25, 0.3) is 0 Å². The summed E-state index contributed by atoms with van der Waals surface area (Å²) in [5, 5.41) is 15.4. The highest BCUT2D eigenvalue weighted by Gasteiger charge is 2.65.